The van der Waals surface area contributed by atoms with E-state index in [2.05, 4.69) is 11.9 Å². The summed E-state index contributed by atoms with van der Waals surface area (Å²) in [6, 6.07) is 3.63. The molecule has 1 aromatic carbocycles. The van der Waals surface area contributed by atoms with Crippen LogP contribution in [0.1, 0.15) is 18.5 Å². The van der Waals surface area contributed by atoms with Crippen molar-refractivity contribution < 1.29 is 19.7 Å². The average molecular weight is 251 g/mol. The molecule has 0 saturated heterocycles. The first-order valence-corrected chi connectivity index (χ1v) is 5.63. The van der Waals surface area contributed by atoms with E-state index in [9.17, 15) is 9.90 Å². The number of benzene rings is 1. The van der Waals surface area contributed by atoms with Crippen LogP contribution in [0.2, 0.25) is 0 Å². The van der Waals surface area contributed by atoms with Gasteiger partial charge in [0.25, 0.3) is 0 Å². The highest BCUT2D eigenvalue weighted by Crippen LogP contribution is 2.29. The Bertz CT molecular complexity index is 431. The van der Waals surface area contributed by atoms with Crippen molar-refractivity contribution in [3.8, 4) is 11.5 Å². The number of nitrogens with one attached hydrogen (secondary N) is 1. The Morgan fingerprint density at radius 1 is 1.61 bits per heavy atom. The quantitative estimate of drug-likeness (QED) is 0.643. The molecule has 0 saturated carbocycles. The minimum absolute atomic E-state index is 0.00606. The molecule has 0 spiro atoms. The van der Waals surface area contributed by atoms with Crippen molar-refractivity contribution in [1.29, 1.82) is 0 Å². The number of carboxylic acids is 1. The fourth-order valence-corrected chi connectivity index (χ4v) is 1.53. The van der Waals surface area contributed by atoms with E-state index in [1.165, 1.54) is 12.1 Å². The van der Waals surface area contributed by atoms with Crippen LogP contribution >= 0.6 is 0 Å². The summed E-state index contributed by atoms with van der Waals surface area (Å²) >= 11 is 0. The molecule has 1 rings (SSSR count). The number of phenolic OH excluding ortho intramolecular Hbond substituents is 1. The van der Waals surface area contributed by atoms with Gasteiger partial charge in [-0.1, -0.05) is 12.1 Å². The smallest absolute Gasteiger partial charge is 0.325 e. The number of rotatable bonds is 7. The summed E-state index contributed by atoms with van der Waals surface area (Å²) in [7, 11) is 0. The van der Waals surface area contributed by atoms with Gasteiger partial charge in [0, 0.05) is 6.54 Å². The molecular weight excluding hydrogens is 234 g/mol. The van der Waals surface area contributed by atoms with Crippen LogP contribution in [0.5, 0.6) is 11.5 Å². The summed E-state index contributed by atoms with van der Waals surface area (Å²) in [5.41, 5.74) is 0.519. The minimum atomic E-state index is -0.995. The van der Waals surface area contributed by atoms with Gasteiger partial charge in [0.15, 0.2) is 11.5 Å². The van der Waals surface area contributed by atoms with E-state index < -0.39 is 12.0 Å². The van der Waals surface area contributed by atoms with E-state index in [1.807, 2.05) is 0 Å². The first-order valence-electron chi connectivity index (χ1n) is 5.63. The van der Waals surface area contributed by atoms with Crippen LogP contribution < -0.4 is 10.1 Å². The van der Waals surface area contributed by atoms with Gasteiger partial charge in [-0.2, -0.15) is 0 Å². The van der Waals surface area contributed by atoms with Crippen LogP contribution in [-0.4, -0.2) is 29.3 Å². The highest BCUT2D eigenvalue weighted by molar-refractivity contribution is 5.76. The molecule has 1 atom stereocenters. The Kier molecular flexibility index (Phi) is 5.20. The molecule has 0 amide bonds. The summed E-state index contributed by atoms with van der Waals surface area (Å²) in [6.45, 7) is 6.09. The van der Waals surface area contributed by atoms with Gasteiger partial charge in [-0.05, 0) is 24.6 Å². The van der Waals surface area contributed by atoms with E-state index in [0.717, 1.165) is 0 Å². The monoisotopic (exact) mass is 251 g/mol. The zero-order valence-corrected chi connectivity index (χ0v) is 10.2. The SMILES string of the molecule is C=CCNC(C(=O)O)c1ccc(O)c(OCC)c1. The predicted molar refractivity (Wildman–Crippen MR) is 67.9 cm³/mol. The molecule has 0 aromatic heterocycles. The van der Waals surface area contributed by atoms with Crippen LogP contribution in [0.15, 0.2) is 30.9 Å². The number of ether oxygens (including phenoxy) is 1. The van der Waals surface area contributed by atoms with Gasteiger partial charge in [-0.15, -0.1) is 6.58 Å². The van der Waals surface area contributed by atoms with E-state index in [1.54, 1.807) is 19.1 Å². The molecule has 3 N–H and O–H groups in total. The van der Waals surface area contributed by atoms with Crippen molar-refractivity contribution in [3.05, 3.63) is 36.4 Å². The molecule has 1 unspecified atom stereocenters. The van der Waals surface area contributed by atoms with Crippen molar-refractivity contribution in [2.75, 3.05) is 13.2 Å². The molecule has 0 bridgehead atoms. The van der Waals surface area contributed by atoms with Gasteiger partial charge in [-0.25, -0.2) is 0 Å². The molecule has 0 fully saturated rings. The second kappa shape index (κ2) is 6.66. The van der Waals surface area contributed by atoms with E-state index in [-0.39, 0.29) is 11.5 Å². The van der Waals surface area contributed by atoms with Gasteiger partial charge in [0.2, 0.25) is 0 Å². The van der Waals surface area contributed by atoms with Crippen molar-refractivity contribution in [2.24, 2.45) is 0 Å². The number of hydrogen-bond acceptors (Lipinski definition) is 4. The fourth-order valence-electron chi connectivity index (χ4n) is 1.53. The van der Waals surface area contributed by atoms with Gasteiger partial charge < -0.3 is 14.9 Å². The molecule has 0 aliphatic carbocycles. The van der Waals surface area contributed by atoms with Crippen LogP contribution in [0.3, 0.4) is 0 Å². The van der Waals surface area contributed by atoms with Crippen molar-refractivity contribution in [3.63, 3.8) is 0 Å². The van der Waals surface area contributed by atoms with E-state index in [4.69, 9.17) is 9.84 Å². The molecule has 0 radical (unpaired) electrons. The lowest BCUT2D eigenvalue weighted by molar-refractivity contribution is -0.139. The molecule has 98 valence electrons. The third kappa shape index (κ3) is 3.49. The lowest BCUT2D eigenvalue weighted by Crippen LogP contribution is -2.28. The second-order valence-corrected chi connectivity index (χ2v) is 3.63. The number of aliphatic carboxylic acids is 1. The van der Waals surface area contributed by atoms with E-state index in [0.29, 0.717) is 18.7 Å². The zero-order chi connectivity index (χ0) is 13.5. The summed E-state index contributed by atoms with van der Waals surface area (Å²) < 4.78 is 5.22. The molecule has 0 aliphatic rings. The second-order valence-electron chi connectivity index (χ2n) is 3.63. The normalized spacial score (nSPS) is 11.8. The maximum absolute atomic E-state index is 11.2. The highest BCUT2D eigenvalue weighted by atomic mass is 16.5. The fraction of sp³-hybridized carbons (Fsp3) is 0.308. The Hall–Kier alpha value is -2.01. The lowest BCUT2D eigenvalue weighted by Gasteiger charge is -2.15. The molecule has 18 heavy (non-hydrogen) atoms. The van der Waals surface area contributed by atoms with E-state index >= 15 is 0 Å². The van der Waals surface area contributed by atoms with Crippen LogP contribution in [-0.2, 0) is 4.79 Å². The summed E-state index contributed by atoms with van der Waals surface area (Å²) in [6.07, 6.45) is 1.58. The zero-order valence-electron chi connectivity index (χ0n) is 10.2. The topological polar surface area (TPSA) is 78.8 Å². The van der Waals surface area contributed by atoms with Crippen molar-refractivity contribution in [1.82, 2.24) is 5.32 Å². The highest BCUT2D eigenvalue weighted by Gasteiger charge is 2.20. The number of aromatic hydroxyl groups is 1. The Morgan fingerprint density at radius 3 is 2.89 bits per heavy atom. The maximum atomic E-state index is 11.2. The van der Waals surface area contributed by atoms with Crippen molar-refractivity contribution >= 4 is 5.97 Å². The number of carbonyl (C=O) groups is 1. The summed E-state index contributed by atoms with van der Waals surface area (Å²) in [4.78, 5) is 11.2. The third-order valence-electron chi connectivity index (χ3n) is 2.33. The molecule has 5 heteroatoms. The third-order valence-corrected chi connectivity index (χ3v) is 2.33. The number of carboxylic acid groups (broad SMARTS) is 1. The number of phenols is 1. The molecule has 1 aromatic rings. The molecule has 0 heterocycles. The van der Waals surface area contributed by atoms with Crippen LogP contribution in [0, 0.1) is 0 Å². The first-order chi connectivity index (χ1) is 8.60. The molecular formula is C13H17NO4. The van der Waals surface area contributed by atoms with Gasteiger partial charge >= 0.3 is 5.97 Å². The predicted octanol–water partition coefficient (Wildman–Crippen LogP) is 1.69. The largest absolute Gasteiger partial charge is 0.504 e. The Morgan fingerprint density at radius 2 is 2.33 bits per heavy atom. The Balaban J connectivity index is 3.00. The Labute approximate surface area is 106 Å². The summed E-state index contributed by atoms with van der Waals surface area (Å²) in [5, 5.41) is 21.5. The van der Waals surface area contributed by atoms with Crippen LogP contribution in [0.4, 0.5) is 0 Å². The summed E-state index contributed by atoms with van der Waals surface area (Å²) in [5.74, 6) is -0.722. The molecule has 5 nitrogen and oxygen atoms in total. The average Bonchev–Trinajstić information content (AvgIpc) is 2.33. The maximum Gasteiger partial charge on any atom is 0.325 e. The lowest BCUT2D eigenvalue weighted by atomic mass is 10.1. The van der Waals surface area contributed by atoms with Gasteiger partial charge in [0.1, 0.15) is 6.04 Å². The minimum Gasteiger partial charge on any atom is -0.504 e. The standard InChI is InChI=1S/C13H17NO4/c1-3-7-14-12(13(16)17)9-5-6-10(15)11(8-9)18-4-2/h3,5-6,8,12,14-15H,1,4,7H2,2H3,(H,16,17). The van der Waals surface area contributed by atoms with Crippen molar-refractivity contribution in [2.45, 2.75) is 13.0 Å². The first kappa shape index (κ1) is 14.1. The van der Waals surface area contributed by atoms with Gasteiger partial charge in [0.05, 0.1) is 6.61 Å². The van der Waals surface area contributed by atoms with Gasteiger partial charge in [-0.3, -0.25) is 10.1 Å². The molecule has 0 aliphatic heterocycles. The number of hydrogen-bond donors (Lipinski definition) is 3. The van der Waals surface area contributed by atoms with Crippen LogP contribution in [0.25, 0.3) is 0 Å².